The van der Waals surface area contributed by atoms with Crippen LogP contribution in [0.3, 0.4) is 0 Å². The van der Waals surface area contributed by atoms with Gasteiger partial charge in [-0.15, -0.1) is 0 Å². The molecule has 1 rings (SSSR count). The molecule has 1 aliphatic rings. The Morgan fingerprint density at radius 3 is 2.90 bits per heavy atom. The number of rotatable bonds is 5. The molecule has 0 heterocycles. The summed E-state index contributed by atoms with van der Waals surface area (Å²) in [4.78, 5) is 13.6. The number of amides is 1. The van der Waals surface area contributed by atoms with E-state index in [4.69, 9.17) is 4.74 Å². The smallest absolute Gasteiger partial charge is 0.216 e. The Morgan fingerprint density at radius 1 is 1.65 bits per heavy atom. The van der Waals surface area contributed by atoms with Gasteiger partial charge in [-0.2, -0.15) is 0 Å². The molecule has 1 N–H and O–H groups in total. The van der Waals surface area contributed by atoms with E-state index in [1.54, 1.807) is 25.5 Å². The van der Waals surface area contributed by atoms with E-state index in [0.29, 0.717) is 12.5 Å². The first kappa shape index (κ1) is 17.9. The largest absolute Gasteiger partial charge is 0.490 e. The third-order valence-corrected chi connectivity index (χ3v) is 2.32. The van der Waals surface area contributed by atoms with Gasteiger partial charge < -0.3 is 10.1 Å². The second-order valence-corrected chi connectivity index (χ2v) is 4.22. The van der Waals surface area contributed by atoms with Crippen molar-refractivity contribution in [2.45, 2.75) is 20.3 Å². The number of nitrogens with one attached hydrogen (secondary N) is 1. The Kier molecular flexibility index (Phi) is 10.7. The van der Waals surface area contributed by atoms with Gasteiger partial charge >= 0.3 is 0 Å². The third-order valence-electron chi connectivity index (χ3n) is 2.32. The molecule has 0 radical (unpaired) electrons. The molecule has 0 spiro atoms. The van der Waals surface area contributed by atoms with Crippen LogP contribution in [0.25, 0.3) is 0 Å². The van der Waals surface area contributed by atoms with Crippen molar-refractivity contribution in [1.82, 2.24) is 5.32 Å². The van der Waals surface area contributed by atoms with Crippen LogP contribution < -0.4 is 5.32 Å². The van der Waals surface area contributed by atoms with Gasteiger partial charge in [0.1, 0.15) is 12.4 Å². The van der Waals surface area contributed by atoms with Crippen LogP contribution in [0.1, 0.15) is 20.3 Å². The monoisotopic (exact) mass is 276 g/mol. The molecule has 0 saturated carbocycles. The van der Waals surface area contributed by atoms with Gasteiger partial charge in [0.25, 0.3) is 0 Å². The van der Waals surface area contributed by atoms with Gasteiger partial charge in [-0.05, 0) is 30.6 Å². The van der Waals surface area contributed by atoms with Crippen molar-refractivity contribution in [3.8, 4) is 0 Å². The van der Waals surface area contributed by atoms with Gasteiger partial charge in [-0.25, -0.2) is 0 Å². The number of hydrogen-bond acceptors (Lipinski definition) is 3. The minimum Gasteiger partial charge on any atom is -0.490 e. The van der Waals surface area contributed by atoms with E-state index in [0.717, 1.165) is 12.2 Å². The fraction of sp³-hybridized carbons (Fsp3) is 0.375. The van der Waals surface area contributed by atoms with Crippen molar-refractivity contribution in [2.75, 3.05) is 13.7 Å². The molecule has 1 unspecified atom stereocenters. The standard InChI is InChI=1S/C13H17NO.C3H7NO/c1-3-8-14-9-5-10-15-13-7-4-6-12(2)11-13;1-3(5)4-2/h3-5,7-9,11-12H,1,6,10H2,2H3;1-2H3,(H,4,5)/b9-5-,14-8?;. The molecule has 0 aromatic rings. The summed E-state index contributed by atoms with van der Waals surface area (Å²) in [5, 5.41) is 2.39. The molecular formula is C16H24N2O2. The molecule has 0 saturated heterocycles. The number of allylic oxidation sites excluding steroid dienone is 4. The van der Waals surface area contributed by atoms with E-state index in [2.05, 4.69) is 36.0 Å². The van der Waals surface area contributed by atoms with Crippen molar-refractivity contribution in [2.24, 2.45) is 10.9 Å². The van der Waals surface area contributed by atoms with Gasteiger partial charge in [-0.3, -0.25) is 9.79 Å². The molecule has 110 valence electrons. The number of aliphatic imine (C=N–C) groups is 1. The van der Waals surface area contributed by atoms with Crippen LogP contribution in [-0.4, -0.2) is 25.8 Å². The Bertz CT molecular complexity index is 407. The normalized spacial score (nSPS) is 17.4. The lowest BCUT2D eigenvalue weighted by Crippen LogP contribution is -2.11. The van der Waals surface area contributed by atoms with Crippen molar-refractivity contribution < 1.29 is 9.53 Å². The number of hydrogen-bond donors (Lipinski definition) is 1. The maximum absolute atomic E-state index is 9.70. The summed E-state index contributed by atoms with van der Waals surface area (Å²) >= 11 is 0. The molecule has 1 amide bonds. The Labute approximate surface area is 121 Å². The van der Waals surface area contributed by atoms with Gasteiger partial charge in [-0.1, -0.05) is 25.7 Å². The lowest BCUT2D eigenvalue weighted by molar-refractivity contribution is -0.118. The Balaban J connectivity index is 0.000000621. The average molecular weight is 276 g/mol. The summed E-state index contributed by atoms with van der Waals surface area (Å²) in [6, 6.07) is 0. The molecular weight excluding hydrogens is 252 g/mol. The molecule has 1 aliphatic carbocycles. The highest BCUT2D eigenvalue weighted by Gasteiger charge is 2.03. The molecule has 0 aromatic heterocycles. The SMILES string of the molecule is C=CC=N/C=C\COC1=CC(C)CC=C1.CNC(C)=O. The van der Waals surface area contributed by atoms with E-state index in [-0.39, 0.29) is 5.91 Å². The Hall–Kier alpha value is -2.10. The molecule has 0 fully saturated rings. The van der Waals surface area contributed by atoms with Crippen molar-refractivity contribution in [3.05, 3.63) is 48.9 Å². The summed E-state index contributed by atoms with van der Waals surface area (Å²) in [6.45, 7) is 7.73. The highest BCUT2D eigenvalue weighted by molar-refractivity contribution is 5.72. The minimum absolute atomic E-state index is 0.00463. The van der Waals surface area contributed by atoms with E-state index in [1.807, 2.05) is 12.2 Å². The molecule has 0 aromatic carbocycles. The van der Waals surface area contributed by atoms with Crippen LogP contribution in [0.5, 0.6) is 0 Å². The molecule has 0 aliphatic heterocycles. The van der Waals surface area contributed by atoms with E-state index < -0.39 is 0 Å². The Morgan fingerprint density at radius 2 is 2.35 bits per heavy atom. The van der Waals surface area contributed by atoms with Gasteiger partial charge in [0.2, 0.25) is 5.91 Å². The summed E-state index contributed by atoms with van der Waals surface area (Å²) in [5.41, 5.74) is 0. The minimum atomic E-state index is 0.00463. The zero-order chi connectivity index (χ0) is 15.2. The highest BCUT2D eigenvalue weighted by atomic mass is 16.5. The first-order valence-electron chi connectivity index (χ1n) is 6.58. The fourth-order valence-electron chi connectivity index (χ4n) is 1.26. The van der Waals surface area contributed by atoms with E-state index >= 15 is 0 Å². The predicted octanol–water partition coefficient (Wildman–Crippen LogP) is 3.01. The molecule has 4 nitrogen and oxygen atoms in total. The van der Waals surface area contributed by atoms with Crippen LogP contribution >= 0.6 is 0 Å². The number of nitrogens with zero attached hydrogens (tertiary/aromatic N) is 1. The summed E-state index contributed by atoms with van der Waals surface area (Å²) in [5.74, 6) is 1.53. The van der Waals surface area contributed by atoms with E-state index in [1.165, 1.54) is 6.92 Å². The second-order valence-electron chi connectivity index (χ2n) is 4.22. The third kappa shape index (κ3) is 11.0. The van der Waals surface area contributed by atoms with Crippen molar-refractivity contribution in [3.63, 3.8) is 0 Å². The van der Waals surface area contributed by atoms with Crippen molar-refractivity contribution >= 4 is 12.1 Å². The lowest BCUT2D eigenvalue weighted by atomic mass is 10.0. The van der Waals surface area contributed by atoms with Crippen LogP contribution in [0.15, 0.2) is 53.9 Å². The fourth-order valence-corrected chi connectivity index (χ4v) is 1.26. The molecule has 0 bridgehead atoms. The molecule has 20 heavy (non-hydrogen) atoms. The number of carbonyl (C=O) groups excluding carboxylic acids is 1. The van der Waals surface area contributed by atoms with Gasteiger partial charge in [0.05, 0.1) is 0 Å². The maximum Gasteiger partial charge on any atom is 0.216 e. The quantitative estimate of drug-likeness (QED) is 0.785. The average Bonchev–Trinajstić information content (AvgIpc) is 2.43. The van der Waals surface area contributed by atoms with Crippen LogP contribution in [-0.2, 0) is 9.53 Å². The summed E-state index contributed by atoms with van der Waals surface area (Å²) < 4.78 is 5.52. The first-order valence-corrected chi connectivity index (χ1v) is 6.58. The maximum atomic E-state index is 9.70. The number of carbonyl (C=O) groups is 1. The van der Waals surface area contributed by atoms with Crippen molar-refractivity contribution in [1.29, 1.82) is 0 Å². The summed E-state index contributed by atoms with van der Waals surface area (Å²) in [6.07, 6.45) is 14.2. The predicted molar refractivity (Wildman–Crippen MR) is 84.5 cm³/mol. The van der Waals surface area contributed by atoms with Gasteiger partial charge in [0, 0.05) is 26.4 Å². The first-order chi connectivity index (χ1) is 9.60. The number of ether oxygens (including phenoxy) is 1. The lowest BCUT2D eigenvalue weighted by Gasteiger charge is -2.12. The topological polar surface area (TPSA) is 50.7 Å². The van der Waals surface area contributed by atoms with E-state index in [9.17, 15) is 4.79 Å². The molecule has 1 atom stereocenters. The summed E-state index contributed by atoms with van der Waals surface area (Å²) in [7, 11) is 1.60. The van der Waals surface area contributed by atoms with Crippen LogP contribution in [0.4, 0.5) is 0 Å². The highest BCUT2D eigenvalue weighted by Crippen LogP contribution is 2.16. The zero-order valence-electron chi connectivity index (χ0n) is 12.5. The van der Waals surface area contributed by atoms with Gasteiger partial charge in [0.15, 0.2) is 0 Å². The second kappa shape index (κ2) is 12.0. The zero-order valence-corrected chi connectivity index (χ0v) is 12.5. The van der Waals surface area contributed by atoms with Crippen LogP contribution in [0, 0.1) is 5.92 Å². The van der Waals surface area contributed by atoms with Crippen LogP contribution in [0.2, 0.25) is 0 Å². The molecule has 4 heteroatoms.